The second-order valence-electron chi connectivity index (χ2n) is 4.16. The van der Waals surface area contributed by atoms with Crippen molar-refractivity contribution >= 4 is 33.2 Å². The van der Waals surface area contributed by atoms with Crippen molar-refractivity contribution < 1.29 is 13.3 Å². The first kappa shape index (κ1) is 14.1. The van der Waals surface area contributed by atoms with Crippen LogP contribution in [0.25, 0.3) is 0 Å². The van der Waals surface area contributed by atoms with Gasteiger partial charge in [0.2, 0.25) is 0 Å². The Bertz CT molecular complexity index is 507. The van der Waals surface area contributed by atoms with Gasteiger partial charge in [0.25, 0.3) is 10.0 Å². The Hall–Kier alpha value is -0.330. The summed E-state index contributed by atoms with van der Waals surface area (Å²) in [5, 5.41) is 0.148. The Morgan fingerprint density at radius 2 is 1.72 bits per heavy atom. The van der Waals surface area contributed by atoms with E-state index in [0.29, 0.717) is 0 Å². The lowest BCUT2D eigenvalue weighted by molar-refractivity contribution is 0.0223. The van der Waals surface area contributed by atoms with E-state index in [1.807, 2.05) is 0 Å². The molecular weight excluding hydrogens is 297 g/mol. The van der Waals surface area contributed by atoms with Gasteiger partial charge in [-0.1, -0.05) is 47.0 Å². The molecule has 0 saturated heterocycles. The summed E-state index contributed by atoms with van der Waals surface area (Å²) >= 11 is 11.7. The van der Waals surface area contributed by atoms with Crippen LogP contribution in [-0.2, 0) is 14.9 Å². The topological polar surface area (TPSA) is 55.4 Å². The number of halogens is 2. The van der Waals surface area contributed by atoms with E-state index >= 15 is 0 Å². The number of sulfonamides is 1. The molecule has 0 unspecified atom stereocenters. The first-order valence-electron chi connectivity index (χ1n) is 5.62. The largest absolute Gasteiger partial charge is 0.284 e. The summed E-state index contributed by atoms with van der Waals surface area (Å²) in [6.45, 7) is 0. The van der Waals surface area contributed by atoms with E-state index in [-0.39, 0.29) is 21.0 Å². The molecule has 4 nitrogen and oxygen atoms in total. The Balaban J connectivity index is 2.15. The second-order valence-corrected chi connectivity index (χ2v) is 6.56. The van der Waals surface area contributed by atoms with E-state index in [4.69, 9.17) is 28.0 Å². The van der Waals surface area contributed by atoms with Crippen molar-refractivity contribution in [3.63, 3.8) is 0 Å². The summed E-state index contributed by atoms with van der Waals surface area (Å²) in [5.74, 6) is 0. The molecule has 0 aliphatic heterocycles. The minimum absolute atomic E-state index is 0.0685. The Morgan fingerprint density at radius 1 is 1.17 bits per heavy atom. The van der Waals surface area contributed by atoms with Gasteiger partial charge in [0.15, 0.2) is 0 Å². The van der Waals surface area contributed by atoms with Crippen molar-refractivity contribution in [3.05, 3.63) is 28.2 Å². The van der Waals surface area contributed by atoms with Crippen LogP contribution in [0.5, 0.6) is 0 Å². The van der Waals surface area contributed by atoms with Crippen LogP contribution in [0.3, 0.4) is 0 Å². The van der Waals surface area contributed by atoms with E-state index in [0.717, 1.165) is 25.7 Å². The zero-order valence-electron chi connectivity index (χ0n) is 9.53. The highest BCUT2D eigenvalue weighted by Gasteiger charge is 2.24. The predicted molar refractivity (Wildman–Crippen MR) is 70.1 cm³/mol. The number of benzene rings is 1. The van der Waals surface area contributed by atoms with E-state index in [1.54, 1.807) is 6.07 Å². The lowest BCUT2D eigenvalue weighted by Crippen LogP contribution is -2.28. The van der Waals surface area contributed by atoms with E-state index in [2.05, 4.69) is 4.89 Å². The molecule has 0 bridgehead atoms. The van der Waals surface area contributed by atoms with Crippen molar-refractivity contribution in [2.24, 2.45) is 0 Å². The van der Waals surface area contributed by atoms with Crippen LogP contribution >= 0.6 is 23.2 Å². The maximum Gasteiger partial charge on any atom is 0.265 e. The van der Waals surface area contributed by atoms with Gasteiger partial charge in [0, 0.05) is 0 Å². The van der Waals surface area contributed by atoms with Gasteiger partial charge >= 0.3 is 0 Å². The minimum atomic E-state index is -3.85. The average molecular weight is 310 g/mol. The third-order valence-corrected chi connectivity index (χ3v) is 4.96. The highest BCUT2D eigenvalue weighted by atomic mass is 35.5. The molecule has 7 heteroatoms. The van der Waals surface area contributed by atoms with E-state index < -0.39 is 10.0 Å². The van der Waals surface area contributed by atoms with Gasteiger partial charge in [-0.2, -0.15) is 0 Å². The zero-order valence-corrected chi connectivity index (χ0v) is 11.9. The zero-order chi connectivity index (χ0) is 13.2. The normalized spacial score (nSPS) is 17.2. The molecule has 2 rings (SSSR count). The summed E-state index contributed by atoms with van der Waals surface area (Å²) in [4.78, 5) is 7.13. The maximum atomic E-state index is 12.0. The molecule has 1 aliphatic rings. The van der Waals surface area contributed by atoms with Gasteiger partial charge < -0.3 is 0 Å². The molecule has 1 saturated carbocycles. The fraction of sp³-hybridized carbons (Fsp3) is 0.455. The van der Waals surface area contributed by atoms with Crippen molar-refractivity contribution in [1.82, 2.24) is 4.89 Å². The quantitative estimate of drug-likeness (QED) is 0.869. The van der Waals surface area contributed by atoms with Crippen LogP contribution in [0, 0.1) is 0 Å². The lowest BCUT2D eigenvalue weighted by Gasteiger charge is -2.13. The van der Waals surface area contributed by atoms with E-state index in [1.165, 1.54) is 12.1 Å². The smallest absolute Gasteiger partial charge is 0.265 e. The summed E-state index contributed by atoms with van der Waals surface area (Å²) in [5.41, 5.74) is 0. The standard InChI is InChI=1S/C11H13Cl2NO3S/c12-9-6-3-7-10(13)11(9)18(15,16)14-17-8-4-1-2-5-8/h3,6-8,14H,1-2,4-5H2. The van der Waals surface area contributed by atoms with Crippen molar-refractivity contribution in [1.29, 1.82) is 0 Å². The molecule has 0 spiro atoms. The SMILES string of the molecule is O=S(=O)(NOC1CCCC1)c1c(Cl)cccc1Cl. The van der Waals surface area contributed by atoms with Gasteiger partial charge in [-0.25, -0.2) is 8.42 Å². The van der Waals surface area contributed by atoms with Crippen LogP contribution in [0.1, 0.15) is 25.7 Å². The highest BCUT2D eigenvalue weighted by Crippen LogP contribution is 2.29. The third-order valence-electron chi connectivity index (χ3n) is 2.81. The molecule has 0 heterocycles. The number of rotatable bonds is 4. The van der Waals surface area contributed by atoms with Crippen LogP contribution in [0.2, 0.25) is 10.0 Å². The maximum absolute atomic E-state index is 12.0. The first-order valence-corrected chi connectivity index (χ1v) is 7.86. The fourth-order valence-electron chi connectivity index (χ4n) is 1.92. The van der Waals surface area contributed by atoms with E-state index in [9.17, 15) is 8.42 Å². The first-order chi connectivity index (χ1) is 8.50. The Kier molecular flexibility index (Phi) is 4.50. The predicted octanol–water partition coefficient (Wildman–Crippen LogP) is 3.15. The summed E-state index contributed by atoms with van der Waals surface area (Å²) in [7, 11) is -3.85. The Morgan fingerprint density at radius 3 is 2.28 bits per heavy atom. The van der Waals surface area contributed by atoms with Crippen molar-refractivity contribution in [2.75, 3.05) is 0 Å². The fourth-order valence-corrected chi connectivity index (χ4v) is 3.92. The molecule has 0 amide bonds. The Labute approximate surface area is 116 Å². The second kappa shape index (κ2) is 5.75. The third kappa shape index (κ3) is 3.16. The molecular formula is C11H13Cl2NO3S. The lowest BCUT2D eigenvalue weighted by atomic mass is 10.3. The van der Waals surface area contributed by atoms with Gasteiger partial charge in [-0.15, -0.1) is 0 Å². The minimum Gasteiger partial charge on any atom is -0.284 e. The van der Waals surface area contributed by atoms with Gasteiger partial charge in [0.1, 0.15) is 4.90 Å². The number of nitrogens with one attached hydrogen (secondary N) is 1. The molecule has 1 N–H and O–H groups in total. The molecule has 1 aliphatic carbocycles. The van der Waals surface area contributed by atoms with Crippen LogP contribution < -0.4 is 4.89 Å². The molecule has 1 aromatic carbocycles. The van der Waals surface area contributed by atoms with Crippen LogP contribution in [0.4, 0.5) is 0 Å². The molecule has 0 atom stereocenters. The number of hydrogen-bond acceptors (Lipinski definition) is 3. The van der Waals surface area contributed by atoms with Crippen molar-refractivity contribution in [2.45, 2.75) is 36.7 Å². The molecule has 100 valence electrons. The molecule has 0 radical (unpaired) electrons. The molecule has 1 fully saturated rings. The van der Waals surface area contributed by atoms with Crippen LogP contribution in [0.15, 0.2) is 23.1 Å². The van der Waals surface area contributed by atoms with Crippen LogP contribution in [-0.4, -0.2) is 14.5 Å². The molecule has 18 heavy (non-hydrogen) atoms. The molecule has 0 aromatic heterocycles. The van der Waals surface area contributed by atoms with Crippen molar-refractivity contribution in [3.8, 4) is 0 Å². The number of hydrogen-bond donors (Lipinski definition) is 1. The average Bonchev–Trinajstić information content (AvgIpc) is 2.78. The highest BCUT2D eigenvalue weighted by molar-refractivity contribution is 7.89. The van der Waals surface area contributed by atoms with Gasteiger partial charge in [-0.3, -0.25) is 4.84 Å². The summed E-state index contributed by atoms with van der Waals surface area (Å²) < 4.78 is 24.1. The van der Waals surface area contributed by atoms with Gasteiger partial charge in [0.05, 0.1) is 16.1 Å². The molecule has 1 aromatic rings. The summed E-state index contributed by atoms with van der Waals surface area (Å²) in [6.07, 6.45) is 3.76. The van der Waals surface area contributed by atoms with Gasteiger partial charge in [-0.05, 0) is 25.0 Å². The monoisotopic (exact) mass is 309 g/mol. The summed E-state index contributed by atoms with van der Waals surface area (Å²) in [6, 6.07) is 4.52.